The lowest BCUT2D eigenvalue weighted by Crippen LogP contribution is -2.23. The smallest absolute Gasteiger partial charge is 0.352 e. The molecule has 17 heavy (non-hydrogen) atoms. The van der Waals surface area contributed by atoms with Crippen LogP contribution in [0.3, 0.4) is 0 Å². The van der Waals surface area contributed by atoms with Gasteiger partial charge < -0.3 is 9.67 Å². The highest BCUT2D eigenvalue weighted by molar-refractivity contribution is 5.97. The minimum absolute atomic E-state index is 0.00157. The Morgan fingerprint density at radius 2 is 1.88 bits per heavy atom. The predicted octanol–water partition coefficient (Wildman–Crippen LogP) is 3.00. The van der Waals surface area contributed by atoms with E-state index in [-0.39, 0.29) is 22.9 Å². The van der Waals surface area contributed by atoms with Crippen LogP contribution in [0.5, 0.6) is 0 Å². The van der Waals surface area contributed by atoms with Crippen molar-refractivity contribution in [2.45, 2.75) is 40.7 Å². The molecular weight excluding hydrogens is 218 g/mol. The van der Waals surface area contributed by atoms with Gasteiger partial charge in [0, 0.05) is 17.8 Å². The summed E-state index contributed by atoms with van der Waals surface area (Å²) in [5.74, 6) is -1.12. The fraction of sp³-hybridized carbons (Fsp3) is 0.538. The van der Waals surface area contributed by atoms with Crippen LogP contribution in [0.4, 0.5) is 0 Å². The first kappa shape index (κ1) is 13.5. The van der Waals surface area contributed by atoms with E-state index < -0.39 is 5.97 Å². The van der Waals surface area contributed by atoms with E-state index in [0.717, 1.165) is 0 Å². The third-order valence-corrected chi connectivity index (χ3v) is 3.14. The molecule has 1 unspecified atom stereocenters. The lowest BCUT2D eigenvalue weighted by molar-refractivity contribution is 0.0678. The average molecular weight is 237 g/mol. The molecule has 0 aliphatic heterocycles. The van der Waals surface area contributed by atoms with Crippen molar-refractivity contribution in [1.29, 1.82) is 0 Å². The summed E-state index contributed by atoms with van der Waals surface area (Å²) >= 11 is 0. The molecule has 1 rings (SSSR count). The zero-order valence-electron chi connectivity index (χ0n) is 10.9. The van der Waals surface area contributed by atoms with E-state index in [1.807, 2.05) is 27.7 Å². The number of aromatic carboxylic acids is 1. The maximum absolute atomic E-state index is 11.3. The van der Waals surface area contributed by atoms with Crippen molar-refractivity contribution >= 4 is 11.8 Å². The molecule has 0 bridgehead atoms. The Morgan fingerprint density at radius 1 is 1.35 bits per heavy atom. The molecule has 0 aromatic carbocycles. The lowest BCUT2D eigenvalue weighted by atomic mass is 9.88. The molecule has 94 valence electrons. The molecule has 0 aliphatic rings. The van der Waals surface area contributed by atoms with E-state index in [1.165, 1.54) is 13.0 Å². The van der Waals surface area contributed by atoms with Crippen molar-refractivity contribution in [1.82, 2.24) is 4.57 Å². The van der Waals surface area contributed by atoms with Crippen LogP contribution in [0.25, 0.3) is 0 Å². The van der Waals surface area contributed by atoms with Crippen LogP contribution < -0.4 is 0 Å². The highest BCUT2D eigenvalue weighted by atomic mass is 16.4. The Morgan fingerprint density at radius 3 is 2.24 bits per heavy atom. The number of hydrogen-bond donors (Lipinski definition) is 1. The Bertz CT molecular complexity index is 452. The maximum Gasteiger partial charge on any atom is 0.352 e. The summed E-state index contributed by atoms with van der Waals surface area (Å²) in [7, 11) is 0. The van der Waals surface area contributed by atoms with Crippen molar-refractivity contribution in [2.24, 2.45) is 5.41 Å². The van der Waals surface area contributed by atoms with Crippen LogP contribution in [0, 0.1) is 5.41 Å². The fourth-order valence-electron chi connectivity index (χ4n) is 1.58. The van der Waals surface area contributed by atoms with Crippen molar-refractivity contribution in [2.75, 3.05) is 0 Å². The molecular formula is C13H19NO3. The number of carbonyl (C=O) groups excluding carboxylic acids is 1. The number of carbonyl (C=O) groups is 2. The predicted molar refractivity (Wildman–Crippen MR) is 65.6 cm³/mol. The summed E-state index contributed by atoms with van der Waals surface area (Å²) in [5, 5.41) is 9.14. The number of carboxylic acid groups (broad SMARTS) is 1. The van der Waals surface area contributed by atoms with Gasteiger partial charge in [0.15, 0.2) is 5.78 Å². The summed E-state index contributed by atoms with van der Waals surface area (Å²) in [4.78, 5) is 22.5. The van der Waals surface area contributed by atoms with Crippen LogP contribution in [-0.4, -0.2) is 21.4 Å². The molecule has 1 aromatic heterocycles. The zero-order valence-corrected chi connectivity index (χ0v) is 10.9. The molecule has 0 spiro atoms. The Kier molecular flexibility index (Phi) is 3.45. The molecule has 0 amide bonds. The van der Waals surface area contributed by atoms with Crippen molar-refractivity contribution in [3.63, 3.8) is 0 Å². The molecule has 1 atom stereocenters. The molecule has 1 heterocycles. The molecule has 0 aliphatic carbocycles. The first-order valence-corrected chi connectivity index (χ1v) is 5.60. The first-order valence-electron chi connectivity index (χ1n) is 5.60. The lowest BCUT2D eigenvalue weighted by Gasteiger charge is -2.29. The second kappa shape index (κ2) is 4.35. The van der Waals surface area contributed by atoms with Gasteiger partial charge in [0.2, 0.25) is 0 Å². The van der Waals surface area contributed by atoms with Gasteiger partial charge in [0.05, 0.1) is 0 Å². The molecule has 0 saturated heterocycles. The highest BCUT2D eigenvalue weighted by Gasteiger charge is 2.26. The van der Waals surface area contributed by atoms with Crippen molar-refractivity contribution < 1.29 is 14.7 Å². The van der Waals surface area contributed by atoms with Gasteiger partial charge >= 0.3 is 5.97 Å². The van der Waals surface area contributed by atoms with Gasteiger partial charge in [-0.05, 0) is 25.3 Å². The van der Waals surface area contributed by atoms with E-state index in [0.29, 0.717) is 5.56 Å². The largest absolute Gasteiger partial charge is 0.477 e. The molecule has 4 nitrogen and oxygen atoms in total. The standard InChI is InChI=1S/C13H19NO3/c1-8(15)10-6-11(12(16)17)14(7-10)9(2)13(3,4)5/h6-7,9H,1-5H3,(H,16,17). The second-order valence-corrected chi connectivity index (χ2v) is 5.42. The number of hydrogen-bond acceptors (Lipinski definition) is 2. The zero-order chi connectivity index (χ0) is 13.4. The van der Waals surface area contributed by atoms with Crippen LogP contribution >= 0.6 is 0 Å². The number of carboxylic acids is 1. The molecule has 0 fully saturated rings. The molecule has 0 saturated carbocycles. The Balaban J connectivity index is 3.31. The third kappa shape index (κ3) is 2.75. The number of rotatable bonds is 3. The van der Waals surface area contributed by atoms with Crippen LogP contribution in [-0.2, 0) is 0 Å². The van der Waals surface area contributed by atoms with Gasteiger partial charge in [-0.15, -0.1) is 0 Å². The number of Topliss-reactive ketones (excluding diaryl/α,β-unsaturated/α-hetero) is 1. The minimum atomic E-state index is -1.01. The SMILES string of the molecule is CC(=O)c1cc(C(=O)O)n(C(C)C(C)(C)C)c1. The Hall–Kier alpha value is -1.58. The number of ketones is 1. The van der Waals surface area contributed by atoms with Gasteiger partial charge in [-0.25, -0.2) is 4.79 Å². The first-order chi connectivity index (χ1) is 7.64. The maximum atomic E-state index is 11.3. The highest BCUT2D eigenvalue weighted by Crippen LogP contribution is 2.31. The molecule has 1 N–H and O–H groups in total. The minimum Gasteiger partial charge on any atom is -0.477 e. The van der Waals surface area contributed by atoms with Crippen LogP contribution in [0.2, 0.25) is 0 Å². The molecule has 0 radical (unpaired) electrons. The van der Waals surface area contributed by atoms with E-state index >= 15 is 0 Å². The van der Waals surface area contributed by atoms with Gasteiger partial charge in [-0.2, -0.15) is 0 Å². The van der Waals surface area contributed by atoms with Gasteiger partial charge in [-0.3, -0.25) is 4.79 Å². The summed E-state index contributed by atoms with van der Waals surface area (Å²) in [6, 6.07) is 1.44. The van der Waals surface area contributed by atoms with Crippen LogP contribution in [0.15, 0.2) is 12.3 Å². The fourth-order valence-corrected chi connectivity index (χ4v) is 1.58. The van der Waals surface area contributed by atoms with E-state index in [4.69, 9.17) is 5.11 Å². The van der Waals surface area contributed by atoms with E-state index in [2.05, 4.69) is 0 Å². The molecule has 1 aromatic rings. The number of aromatic nitrogens is 1. The second-order valence-electron chi connectivity index (χ2n) is 5.42. The molecule has 4 heteroatoms. The van der Waals surface area contributed by atoms with Gasteiger partial charge in [0.1, 0.15) is 5.69 Å². The van der Waals surface area contributed by atoms with Crippen molar-refractivity contribution in [3.05, 3.63) is 23.5 Å². The van der Waals surface area contributed by atoms with Gasteiger partial charge in [-0.1, -0.05) is 20.8 Å². The third-order valence-electron chi connectivity index (χ3n) is 3.14. The number of nitrogens with zero attached hydrogens (tertiary/aromatic N) is 1. The monoisotopic (exact) mass is 237 g/mol. The Labute approximate surface area is 101 Å². The van der Waals surface area contributed by atoms with Gasteiger partial charge in [0.25, 0.3) is 0 Å². The van der Waals surface area contributed by atoms with Crippen LogP contribution in [0.1, 0.15) is 61.5 Å². The van der Waals surface area contributed by atoms with Crippen molar-refractivity contribution in [3.8, 4) is 0 Å². The normalized spacial score (nSPS) is 13.5. The quantitative estimate of drug-likeness (QED) is 0.822. The van der Waals surface area contributed by atoms with E-state index in [9.17, 15) is 9.59 Å². The van der Waals surface area contributed by atoms with E-state index in [1.54, 1.807) is 10.8 Å². The summed E-state index contributed by atoms with van der Waals surface area (Å²) in [5.41, 5.74) is 0.535. The summed E-state index contributed by atoms with van der Waals surface area (Å²) in [6.07, 6.45) is 1.63. The topological polar surface area (TPSA) is 59.3 Å². The summed E-state index contributed by atoms with van der Waals surface area (Å²) < 4.78 is 1.67. The average Bonchev–Trinajstić information content (AvgIpc) is 2.59. The summed E-state index contributed by atoms with van der Waals surface area (Å²) in [6.45, 7) is 9.51.